The van der Waals surface area contributed by atoms with Crippen molar-refractivity contribution in [2.24, 2.45) is 11.7 Å². The van der Waals surface area contributed by atoms with Crippen LogP contribution >= 0.6 is 0 Å². The number of carboxylic acids is 1. The van der Waals surface area contributed by atoms with E-state index in [0.717, 1.165) is 0 Å². The molecular formula is C15H27N3O6. The predicted molar refractivity (Wildman–Crippen MR) is 86.0 cm³/mol. The third-order valence-corrected chi connectivity index (χ3v) is 2.93. The first-order valence-corrected chi connectivity index (χ1v) is 7.62. The molecule has 0 bridgehead atoms. The minimum absolute atomic E-state index is 0.205. The summed E-state index contributed by atoms with van der Waals surface area (Å²) in [6.45, 7) is 8.12. The number of amides is 3. The highest BCUT2D eigenvalue weighted by Crippen LogP contribution is 2.08. The van der Waals surface area contributed by atoms with E-state index in [9.17, 15) is 19.2 Å². The van der Waals surface area contributed by atoms with Crippen molar-refractivity contribution in [1.29, 1.82) is 0 Å². The van der Waals surface area contributed by atoms with Gasteiger partial charge in [0.15, 0.2) is 0 Å². The molecule has 0 radical (unpaired) electrons. The second-order valence-electron chi connectivity index (χ2n) is 6.75. The van der Waals surface area contributed by atoms with Crippen LogP contribution in [-0.2, 0) is 19.1 Å². The Balaban J connectivity index is 4.79. The lowest BCUT2D eigenvalue weighted by molar-refractivity contribution is -0.141. The van der Waals surface area contributed by atoms with Gasteiger partial charge in [0.05, 0.1) is 12.3 Å². The number of carbonyl (C=O) groups excluding carboxylic acids is 3. The highest BCUT2D eigenvalue weighted by Gasteiger charge is 2.27. The molecule has 3 atom stereocenters. The zero-order valence-electron chi connectivity index (χ0n) is 14.7. The van der Waals surface area contributed by atoms with E-state index >= 15 is 0 Å². The maximum absolute atomic E-state index is 12.2. The van der Waals surface area contributed by atoms with Gasteiger partial charge in [0, 0.05) is 6.04 Å². The van der Waals surface area contributed by atoms with E-state index in [1.165, 1.54) is 6.92 Å². The lowest BCUT2D eigenvalue weighted by Crippen LogP contribution is -2.51. The van der Waals surface area contributed by atoms with Crippen LogP contribution < -0.4 is 16.4 Å². The molecule has 0 saturated heterocycles. The van der Waals surface area contributed by atoms with E-state index in [1.54, 1.807) is 27.7 Å². The second kappa shape index (κ2) is 9.09. The van der Waals surface area contributed by atoms with Crippen molar-refractivity contribution in [2.75, 3.05) is 0 Å². The van der Waals surface area contributed by atoms with Gasteiger partial charge in [-0.1, -0.05) is 6.92 Å². The minimum atomic E-state index is -1.19. The normalized spacial score (nSPS) is 14.9. The van der Waals surface area contributed by atoms with E-state index in [0.29, 0.717) is 0 Å². The zero-order chi connectivity index (χ0) is 19.1. The minimum Gasteiger partial charge on any atom is -0.481 e. The molecule has 3 amide bonds. The Hall–Kier alpha value is -2.32. The largest absolute Gasteiger partial charge is 0.481 e. The van der Waals surface area contributed by atoms with Crippen molar-refractivity contribution in [1.82, 2.24) is 10.6 Å². The Morgan fingerprint density at radius 3 is 2.08 bits per heavy atom. The zero-order valence-corrected chi connectivity index (χ0v) is 14.7. The molecule has 0 rings (SSSR count). The Kier molecular flexibility index (Phi) is 8.21. The molecule has 24 heavy (non-hydrogen) atoms. The van der Waals surface area contributed by atoms with Crippen LogP contribution in [0.3, 0.4) is 0 Å². The molecule has 0 spiro atoms. The van der Waals surface area contributed by atoms with Gasteiger partial charge in [-0.2, -0.15) is 0 Å². The molecule has 0 saturated carbocycles. The number of primary amides is 1. The molecule has 0 heterocycles. The van der Waals surface area contributed by atoms with E-state index in [-0.39, 0.29) is 6.42 Å². The van der Waals surface area contributed by atoms with Gasteiger partial charge in [0.25, 0.3) is 0 Å². The first kappa shape index (κ1) is 21.7. The van der Waals surface area contributed by atoms with E-state index in [1.807, 2.05) is 0 Å². The number of carboxylic acid groups (broad SMARTS) is 1. The summed E-state index contributed by atoms with van der Waals surface area (Å²) in [5.74, 6) is -3.02. The molecule has 0 aromatic rings. The highest BCUT2D eigenvalue weighted by atomic mass is 16.6. The SMILES string of the molecule is CC(C[C@H](C)NC(=O)[C@@H](CC(N)=O)NC(=O)OC(C)(C)C)C(=O)O. The summed E-state index contributed by atoms with van der Waals surface area (Å²) in [5, 5.41) is 13.7. The molecule has 5 N–H and O–H groups in total. The predicted octanol–water partition coefficient (Wildman–Crippen LogP) is 0.371. The van der Waals surface area contributed by atoms with Crippen LogP contribution in [0, 0.1) is 5.92 Å². The van der Waals surface area contributed by atoms with Crippen molar-refractivity contribution < 1.29 is 29.0 Å². The Morgan fingerprint density at radius 1 is 1.12 bits per heavy atom. The summed E-state index contributed by atoms with van der Waals surface area (Å²) >= 11 is 0. The molecule has 0 aliphatic rings. The van der Waals surface area contributed by atoms with Crippen molar-refractivity contribution in [3.8, 4) is 0 Å². The number of nitrogens with two attached hydrogens (primary N) is 1. The van der Waals surface area contributed by atoms with E-state index in [2.05, 4.69) is 10.6 Å². The molecule has 138 valence electrons. The summed E-state index contributed by atoms with van der Waals surface area (Å²) < 4.78 is 5.04. The second-order valence-corrected chi connectivity index (χ2v) is 6.75. The van der Waals surface area contributed by atoms with Gasteiger partial charge in [-0.15, -0.1) is 0 Å². The maximum atomic E-state index is 12.2. The Bertz CT molecular complexity index is 486. The van der Waals surface area contributed by atoms with Crippen LogP contribution in [0.1, 0.15) is 47.5 Å². The topological polar surface area (TPSA) is 148 Å². The lowest BCUT2D eigenvalue weighted by atomic mass is 10.0. The average molecular weight is 345 g/mol. The van der Waals surface area contributed by atoms with E-state index < -0.39 is 53.9 Å². The fourth-order valence-electron chi connectivity index (χ4n) is 1.89. The molecule has 0 aromatic carbocycles. The number of hydrogen-bond acceptors (Lipinski definition) is 5. The van der Waals surface area contributed by atoms with Gasteiger partial charge in [0.1, 0.15) is 11.6 Å². The summed E-state index contributed by atoms with van der Waals surface area (Å²) in [6.07, 6.45) is -1.04. The van der Waals surface area contributed by atoms with Crippen LogP contribution in [0.4, 0.5) is 4.79 Å². The Labute approximate surface area is 141 Å². The smallest absolute Gasteiger partial charge is 0.408 e. The summed E-state index contributed by atoms with van der Waals surface area (Å²) in [4.78, 5) is 45.9. The van der Waals surface area contributed by atoms with E-state index in [4.69, 9.17) is 15.6 Å². The van der Waals surface area contributed by atoms with Crippen LogP contribution in [0.15, 0.2) is 0 Å². The van der Waals surface area contributed by atoms with Crippen LogP contribution in [0.5, 0.6) is 0 Å². The van der Waals surface area contributed by atoms with Crippen LogP contribution in [0.25, 0.3) is 0 Å². The first-order chi connectivity index (χ1) is 10.8. The quantitative estimate of drug-likeness (QED) is 0.499. The lowest BCUT2D eigenvalue weighted by Gasteiger charge is -2.24. The van der Waals surface area contributed by atoms with Gasteiger partial charge < -0.3 is 26.2 Å². The number of alkyl carbamates (subject to hydrolysis) is 1. The van der Waals surface area contributed by atoms with Crippen molar-refractivity contribution in [2.45, 2.75) is 65.1 Å². The third kappa shape index (κ3) is 9.65. The maximum Gasteiger partial charge on any atom is 0.408 e. The van der Waals surface area contributed by atoms with Gasteiger partial charge >= 0.3 is 12.1 Å². The number of aliphatic carboxylic acids is 1. The summed E-state index contributed by atoms with van der Waals surface area (Å²) in [5.41, 5.74) is 4.33. The molecular weight excluding hydrogens is 318 g/mol. The van der Waals surface area contributed by atoms with Crippen LogP contribution in [0.2, 0.25) is 0 Å². The molecule has 0 fully saturated rings. The number of rotatable bonds is 8. The molecule has 9 nitrogen and oxygen atoms in total. The Morgan fingerprint density at radius 2 is 1.67 bits per heavy atom. The van der Waals surface area contributed by atoms with Crippen molar-refractivity contribution in [3.63, 3.8) is 0 Å². The highest BCUT2D eigenvalue weighted by molar-refractivity contribution is 5.90. The summed E-state index contributed by atoms with van der Waals surface area (Å²) in [7, 11) is 0. The van der Waals surface area contributed by atoms with Crippen molar-refractivity contribution in [3.05, 3.63) is 0 Å². The molecule has 1 unspecified atom stereocenters. The van der Waals surface area contributed by atoms with Gasteiger partial charge in [-0.3, -0.25) is 14.4 Å². The van der Waals surface area contributed by atoms with Gasteiger partial charge in [0.2, 0.25) is 11.8 Å². The fourth-order valence-corrected chi connectivity index (χ4v) is 1.89. The van der Waals surface area contributed by atoms with Gasteiger partial charge in [-0.05, 0) is 34.1 Å². The van der Waals surface area contributed by atoms with Crippen LogP contribution in [-0.4, -0.2) is 46.7 Å². The van der Waals surface area contributed by atoms with Gasteiger partial charge in [-0.25, -0.2) is 4.79 Å². The first-order valence-electron chi connectivity index (χ1n) is 7.62. The standard InChI is InChI=1S/C15H27N3O6/c1-8(13(21)22)6-9(2)17-12(20)10(7-11(16)19)18-14(23)24-15(3,4)5/h8-10H,6-7H2,1-5H3,(H2,16,19)(H,17,20)(H,18,23)(H,21,22)/t8?,9-,10+/m0/s1. The third-order valence-electron chi connectivity index (χ3n) is 2.93. The molecule has 0 aromatic heterocycles. The molecule has 0 aliphatic heterocycles. The summed E-state index contributed by atoms with van der Waals surface area (Å²) in [6, 6.07) is -1.65. The average Bonchev–Trinajstić information content (AvgIpc) is 2.34. The number of nitrogens with one attached hydrogen (secondary N) is 2. The van der Waals surface area contributed by atoms with Crippen molar-refractivity contribution >= 4 is 23.9 Å². The fraction of sp³-hybridized carbons (Fsp3) is 0.733. The number of ether oxygens (including phenoxy) is 1. The monoisotopic (exact) mass is 345 g/mol. The number of hydrogen-bond donors (Lipinski definition) is 4. The molecule has 9 heteroatoms. The molecule has 0 aliphatic carbocycles. The number of carbonyl (C=O) groups is 4.